The molecular formula is C16H21N3O2S. The third-order valence-corrected chi connectivity index (χ3v) is 4.95. The highest BCUT2D eigenvalue weighted by Crippen LogP contribution is 2.19. The van der Waals surface area contributed by atoms with Gasteiger partial charge in [-0.05, 0) is 38.1 Å². The highest BCUT2D eigenvalue weighted by molar-refractivity contribution is 7.08. The second-order valence-electron chi connectivity index (χ2n) is 5.84. The minimum absolute atomic E-state index is 0.0467. The molecule has 0 atom stereocenters. The molecule has 3 heterocycles. The first-order valence-corrected chi connectivity index (χ1v) is 8.55. The second kappa shape index (κ2) is 6.62. The van der Waals surface area contributed by atoms with Gasteiger partial charge < -0.3 is 9.84 Å². The van der Waals surface area contributed by atoms with Crippen molar-refractivity contribution in [1.82, 2.24) is 15.4 Å². The van der Waals surface area contributed by atoms with E-state index in [0.717, 1.165) is 49.5 Å². The van der Waals surface area contributed by atoms with Crippen LogP contribution in [0.3, 0.4) is 0 Å². The number of rotatable bonds is 4. The van der Waals surface area contributed by atoms with E-state index in [1.54, 1.807) is 11.3 Å². The maximum absolute atomic E-state index is 12.1. The number of hydrogen-bond donors (Lipinski definition) is 1. The monoisotopic (exact) mass is 319 g/mol. The Labute approximate surface area is 134 Å². The van der Waals surface area contributed by atoms with Crippen molar-refractivity contribution in [3.8, 4) is 0 Å². The zero-order chi connectivity index (χ0) is 15.5. The van der Waals surface area contributed by atoms with Gasteiger partial charge >= 0.3 is 0 Å². The number of carbonyl (C=O) groups excluding carboxylic acids is 1. The van der Waals surface area contributed by atoms with Gasteiger partial charge in [0.2, 0.25) is 0 Å². The summed E-state index contributed by atoms with van der Waals surface area (Å²) in [6, 6.07) is 2.14. The van der Waals surface area contributed by atoms with Crippen molar-refractivity contribution in [2.75, 3.05) is 13.1 Å². The van der Waals surface area contributed by atoms with E-state index in [-0.39, 0.29) is 11.9 Å². The van der Waals surface area contributed by atoms with Gasteiger partial charge in [0.15, 0.2) is 0 Å². The van der Waals surface area contributed by atoms with Crippen LogP contribution in [0.2, 0.25) is 0 Å². The van der Waals surface area contributed by atoms with Crippen molar-refractivity contribution in [1.29, 1.82) is 0 Å². The molecule has 2 aromatic heterocycles. The van der Waals surface area contributed by atoms with Crippen LogP contribution in [0, 0.1) is 13.8 Å². The largest absolute Gasteiger partial charge is 0.361 e. The quantitative estimate of drug-likeness (QED) is 0.941. The molecule has 6 heteroatoms. The molecule has 1 saturated heterocycles. The zero-order valence-corrected chi connectivity index (χ0v) is 13.8. The Balaban J connectivity index is 1.49. The number of aryl methyl sites for hydroxylation is 2. The first-order chi connectivity index (χ1) is 10.6. The summed E-state index contributed by atoms with van der Waals surface area (Å²) in [5.41, 5.74) is 2.94. The summed E-state index contributed by atoms with van der Waals surface area (Å²) in [6.07, 6.45) is 1.97. The standard InChI is InChI=1S/C16H21N3O2S/c1-11-15(12(2)21-18-11)9-19-6-3-14(4-7-19)17-16(20)13-5-8-22-10-13/h5,8,10,14H,3-4,6-7,9H2,1-2H3,(H,17,20). The van der Waals surface area contributed by atoms with E-state index in [1.165, 1.54) is 5.56 Å². The fourth-order valence-corrected chi connectivity index (χ4v) is 3.48. The minimum atomic E-state index is 0.0467. The van der Waals surface area contributed by atoms with E-state index in [9.17, 15) is 4.79 Å². The summed E-state index contributed by atoms with van der Waals surface area (Å²) in [5, 5.41) is 11.0. The Hall–Kier alpha value is -1.66. The van der Waals surface area contributed by atoms with Gasteiger partial charge in [0.1, 0.15) is 5.76 Å². The van der Waals surface area contributed by atoms with Gasteiger partial charge in [0.25, 0.3) is 5.91 Å². The molecule has 0 bridgehead atoms. The third kappa shape index (κ3) is 3.39. The Morgan fingerprint density at radius 3 is 2.82 bits per heavy atom. The lowest BCUT2D eigenvalue weighted by Gasteiger charge is -2.32. The van der Waals surface area contributed by atoms with Gasteiger partial charge in [-0.15, -0.1) is 0 Å². The van der Waals surface area contributed by atoms with E-state index in [2.05, 4.69) is 15.4 Å². The average molecular weight is 319 g/mol. The zero-order valence-electron chi connectivity index (χ0n) is 13.0. The molecule has 1 aliphatic heterocycles. The summed E-state index contributed by atoms with van der Waals surface area (Å²) in [5.74, 6) is 0.954. The molecule has 1 fully saturated rings. The normalized spacial score (nSPS) is 16.8. The number of aromatic nitrogens is 1. The minimum Gasteiger partial charge on any atom is -0.361 e. The van der Waals surface area contributed by atoms with Crippen molar-refractivity contribution in [3.05, 3.63) is 39.4 Å². The molecule has 1 N–H and O–H groups in total. The maximum Gasteiger partial charge on any atom is 0.252 e. The Kier molecular flexibility index (Phi) is 4.59. The van der Waals surface area contributed by atoms with Crippen LogP contribution in [0.5, 0.6) is 0 Å². The van der Waals surface area contributed by atoms with Crippen molar-refractivity contribution >= 4 is 17.2 Å². The molecule has 0 aliphatic carbocycles. The van der Waals surface area contributed by atoms with Gasteiger partial charge in [-0.3, -0.25) is 9.69 Å². The highest BCUT2D eigenvalue weighted by atomic mass is 32.1. The Morgan fingerprint density at radius 1 is 1.45 bits per heavy atom. The van der Waals surface area contributed by atoms with E-state index in [4.69, 9.17) is 4.52 Å². The highest BCUT2D eigenvalue weighted by Gasteiger charge is 2.23. The fraction of sp³-hybridized carbons (Fsp3) is 0.500. The number of carbonyl (C=O) groups is 1. The van der Waals surface area contributed by atoms with Crippen LogP contribution < -0.4 is 5.32 Å². The molecular weight excluding hydrogens is 298 g/mol. The number of hydrogen-bond acceptors (Lipinski definition) is 5. The van der Waals surface area contributed by atoms with Crippen LogP contribution in [0.15, 0.2) is 21.3 Å². The number of nitrogens with zero attached hydrogens (tertiary/aromatic N) is 2. The maximum atomic E-state index is 12.1. The van der Waals surface area contributed by atoms with E-state index >= 15 is 0 Å². The SMILES string of the molecule is Cc1noc(C)c1CN1CCC(NC(=O)c2ccsc2)CC1. The van der Waals surface area contributed by atoms with Crippen molar-refractivity contribution < 1.29 is 9.32 Å². The number of likely N-dealkylation sites (tertiary alicyclic amines) is 1. The molecule has 22 heavy (non-hydrogen) atoms. The topological polar surface area (TPSA) is 58.4 Å². The number of piperidine rings is 1. The van der Waals surface area contributed by atoms with Crippen LogP contribution in [0.1, 0.15) is 40.2 Å². The number of nitrogens with one attached hydrogen (secondary N) is 1. The van der Waals surface area contributed by atoms with E-state index < -0.39 is 0 Å². The first-order valence-electron chi connectivity index (χ1n) is 7.60. The molecule has 0 unspecified atom stereocenters. The lowest BCUT2D eigenvalue weighted by Crippen LogP contribution is -2.44. The molecule has 118 valence electrons. The van der Waals surface area contributed by atoms with Crippen molar-refractivity contribution in [3.63, 3.8) is 0 Å². The van der Waals surface area contributed by atoms with Gasteiger partial charge in [-0.1, -0.05) is 5.16 Å². The third-order valence-electron chi connectivity index (χ3n) is 4.27. The van der Waals surface area contributed by atoms with Crippen molar-refractivity contribution in [2.45, 2.75) is 39.3 Å². The van der Waals surface area contributed by atoms with Crippen LogP contribution in [0.4, 0.5) is 0 Å². The fourth-order valence-electron chi connectivity index (χ4n) is 2.85. The summed E-state index contributed by atoms with van der Waals surface area (Å²) < 4.78 is 5.22. The lowest BCUT2D eigenvalue weighted by atomic mass is 10.0. The van der Waals surface area contributed by atoms with Crippen LogP contribution in [-0.2, 0) is 6.54 Å². The van der Waals surface area contributed by atoms with Gasteiger partial charge in [0, 0.05) is 42.2 Å². The van der Waals surface area contributed by atoms with Crippen molar-refractivity contribution in [2.24, 2.45) is 0 Å². The molecule has 0 radical (unpaired) electrons. The number of amides is 1. The molecule has 0 aromatic carbocycles. The van der Waals surface area contributed by atoms with Crippen LogP contribution in [-0.4, -0.2) is 35.1 Å². The molecule has 2 aromatic rings. The molecule has 0 saturated carbocycles. The Bertz CT molecular complexity index is 608. The smallest absolute Gasteiger partial charge is 0.252 e. The predicted molar refractivity (Wildman–Crippen MR) is 86.1 cm³/mol. The molecule has 1 amide bonds. The summed E-state index contributed by atoms with van der Waals surface area (Å²) in [4.78, 5) is 14.5. The molecule has 5 nitrogen and oxygen atoms in total. The van der Waals surface area contributed by atoms with E-state index in [1.807, 2.05) is 30.7 Å². The summed E-state index contributed by atoms with van der Waals surface area (Å²) in [7, 11) is 0. The van der Waals surface area contributed by atoms with Gasteiger partial charge in [-0.2, -0.15) is 11.3 Å². The summed E-state index contributed by atoms with van der Waals surface area (Å²) >= 11 is 1.55. The first kappa shape index (κ1) is 15.2. The molecule has 3 rings (SSSR count). The summed E-state index contributed by atoms with van der Waals surface area (Å²) in [6.45, 7) is 6.80. The Morgan fingerprint density at radius 2 is 2.23 bits per heavy atom. The lowest BCUT2D eigenvalue weighted by molar-refractivity contribution is 0.0909. The van der Waals surface area contributed by atoms with Gasteiger partial charge in [0.05, 0.1) is 5.69 Å². The van der Waals surface area contributed by atoms with Crippen LogP contribution >= 0.6 is 11.3 Å². The van der Waals surface area contributed by atoms with Crippen LogP contribution in [0.25, 0.3) is 0 Å². The van der Waals surface area contributed by atoms with Gasteiger partial charge in [-0.25, -0.2) is 0 Å². The second-order valence-corrected chi connectivity index (χ2v) is 6.62. The van der Waals surface area contributed by atoms with E-state index in [0.29, 0.717) is 0 Å². The predicted octanol–water partition coefficient (Wildman–Crippen LogP) is 2.75. The molecule has 1 aliphatic rings. The average Bonchev–Trinajstić information content (AvgIpc) is 3.15. The number of thiophene rings is 1. The molecule has 0 spiro atoms.